The van der Waals surface area contributed by atoms with Crippen LogP contribution in [-0.2, 0) is 14.2 Å². The lowest BCUT2D eigenvalue weighted by atomic mass is 9.98. The second-order valence-electron chi connectivity index (χ2n) is 10.5. The van der Waals surface area contributed by atoms with Gasteiger partial charge in [0.25, 0.3) is 0 Å². The van der Waals surface area contributed by atoms with E-state index in [0.717, 1.165) is 12.1 Å². The SMILES string of the molecule is COc1ccc(-c2oc3cc(O)cc(O)c3c(=O)c2O[C@@H]2O[C@H](CO[C@@H]3O[C@@H](C)[C@H](O)[C@@H](O)[C@H]3O)[C@H](O)[C@H](O)[C@H]2O)cc1O. The average Bonchev–Trinajstić information content (AvgIpc) is 2.98. The third-order valence-corrected chi connectivity index (χ3v) is 7.49. The molecule has 0 amide bonds. The quantitative estimate of drug-likeness (QED) is 0.147. The molecule has 5 rings (SSSR count). The molecule has 0 saturated carbocycles. The summed E-state index contributed by atoms with van der Waals surface area (Å²) in [5.41, 5.74) is -1.19. The minimum Gasteiger partial charge on any atom is -0.508 e. The van der Waals surface area contributed by atoms with E-state index in [1.165, 1.54) is 32.2 Å². The fourth-order valence-electron chi connectivity index (χ4n) is 5.01. The fraction of sp³-hybridized carbons (Fsp3) is 0.464. The summed E-state index contributed by atoms with van der Waals surface area (Å²) in [4.78, 5) is 13.7. The molecular formula is C28H32O16. The van der Waals surface area contributed by atoms with Crippen LogP contribution in [-0.4, -0.2) is 121 Å². The van der Waals surface area contributed by atoms with E-state index in [2.05, 4.69) is 0 Å². The molecule has 2 aliphatic heterocycles. The highest BCUT2D eigenvalue weighted by molar-refractivity contribution is 5.88. The number of methoxy groups -OCH3 is 1. The number of ether oxygens (including phenoxy) is 5. The van der Waals surface area contributed by atoms with Crippen LogP contribution in [0.15, 0.2) is 39.5 Å². The molecule has 10 atom stereocenters. The summed E-state index contributed by atoms with van der Waals surface area (Å²) in [6.07, 6.45) is -16.0. The molecule has 16 heteroatoms. The minimum atomic E-state index is -1.95. The Morgan fingerprint density at radius 2 is 1.48 bits per heavy atom. The minimum absolute atomic E-state index is 0.0594. The van der Waals surface area contributed by atoms with Gasteiger partial charge in [-0.3, -0.25) is 4.79 Å². The summed E-state index contributed by atoms with van der Waals surface area (Å²) in [7, 11) is 1.32. The first-order chi connectivity index (χ1) is 20.8. The van der Waals surface area contributed by atoms with E-state index >= 15 is 0 Å². The molecule has 0 spiro atoms. The lowest BCUT2D eigenvalue weighted by molar-refractivity contribution is -0.318. The van der Waals surface area contributed by atoms with Crippen molar-refractivity contribution < 1.29 is 74.1 Å². The molecule has 2 saturated heterocycles. The van der Waals surface area contributed by atoms with Crippen molar-refractivity contribution in [3.05, 3.63) is 40.6 Å². The van der Waals surface area contributed by atoms with Crippen molar-refractivity contribution in [2.45, 2.75) is 68.3 Å². The summed E-state index contributed by atoms with van der Waals surface area (Å²) in [6, 6.07) is 5.88. The smallest absolute Gasteiger partial charge is 0.239 e. The second-order valence-corrected chi connectivity index (χ2v) is 10.5. The predicted octanol–water partition coefficient (Wildman–Crippen LogP) is -1.38. The third-order valence-electron chi connectivity index (χ3n) is 7.49. The van der Waals surface area contributed by atoms with E-state index in [4.69, 9.17) is 28.1 Å². The Morgan fingerprint density at radius 1 is 0.795 bits per heavy atom. The third kappa shape index (κ3) is 5.74. The molecule has 0 unspecified atom stereocenters. The van der Waals surface area contributed by atoms with Gasteiger partial charge in [-0.25, -0.2) is 0 Å². The van der Waals surface area contributed by atoms with Crippen molar-refractivity contribution in [3.63, 3.8) is 0 Å². The van der Waals surface area contributed by atoms with Crippen molar-refractivity contribution in [3.8, 4) is 40.1 Å². The van der Waals surface area contributed by atoms with Crippen LogP contribution < -0.4 is 14.9 Å². The van der Waals surface area contributed by atoms with E-state index < -0.39 is 96.1 Å². The number of phenols is 3. The monoisotopic (exact) mass is 624 g/mol. The zero-order valence-electron chi connectivity index (χ0n) is 23.3. The maximum Gasteiger partial charge on any atom is 0.239 e. The largest absolute Gasteiger partial charge is 0.508 e. The summed E-state index contributed by atoms with van der Waals surface area (Å²) in [5, 5.41) is 92.3. The van der Waals surface area contributed by atoms with Crippen LogP contribution in [0, 0.1) is 0 Å². The molecule has 2 aromatic carbocycles. The van der Waals surface area contributed by atoms with Gasteiger partial charge in [-0.05, 0) is 25.1 Å². The zero-order valence-corrected chi connectivity index (χ0v) is 23.3. The Balaban J connectivity index is 1.48. The highest BCUT2D eigenvalue weighted by atomic mass is 16.7. The average molecular weight is 625 g/mol. The number of aromatic hydroxyl groups is 3. The van der Waals surface area contributed by atoms with Gasteiger partial charge in [-0.1, -0.05) is 0 Å². The molecule has 16 nitrogen and oxygen atoms in total. The molecule has 0 aliphatic carbocycles. The van der Waals surface area contributed by atoms with Gasteiger partial charge in [0.15, 0.2) is 23.5 Å². The predicted molar refractivity (Wildman–Crippen MR) is 145 cm³/mol. The molecule has 1 aromatic heterocycles. The number of phenolic OH excluding ortho intramolecular Hbond substituents is 3. The van der Waals surface area contributed by atoms with Crippen LogP contribution in [0.1, 0.15) is 6.92 Å². The fourth-order valence-corrected chi connectivity index (χ4v) is 5.01. The number of aliphatic hydroxyl groups excluding tert-OH is 6. The Labute approximate surface area is 248 Å². The van der Waals surface area contributed by atoms with Crippen molar-refractivity contribution in [1.82, 2.24) is 0 Å². The lowest BCUT2D eigenvalue weighted by Crippen LogP contribution is -2.61. The van der Waals surface area contributed by atoms with Crippen LogP contribution in [0.3, 0.4) is 0 Å². The Kier molecular flexibility index (Phi) is 8.90. The second kappa shape index (κ2) is 12.4. The highest BCUT2D eigenvalue weighted by Crippen LogP contribution is 2.39. The van der Waals surface area contributed by atoms with Crippen molar-refractivity contribution in [1.29, 1.82) is 0 Å². The highest BCUT2D eigenvalue weighted by Gasteiger charge is 2.47. The molecule has 9 N–H and O–H groups in total. The summed E-state index contributed by atoms with van der Waals surface area (Å²) in [6.45, 7) is 0.841. The van der Waals surface area contributed by atoms with Crippen LogP contribution in [0.2, 0.25) is 0 Å². The number of rotatable bonds is 7. The summed E-state index contributed by atoms with van der Waals surface area (Å²) in [5.74, 6) is -2.33. The Bertz CT molecular complexity index is 1560. The first-order valence-electron chi connectivity index (χ1n) is 13.4. The lowest BCUT2D eigenvalue weighted by Gasteiger charge is -2.42. The first kappa shape index (κ1) is 31.7. The topological polar surface area (TPSA) is 258 Å². The van der Waals surface area contributed by atoms with Gasteiger partial charge in [0, 0.05) is 17.7 Å². The van der Waals surface area contributed by atoms with Gasteiger partial charge >= 0.3 is 0 Å². The Morgan fingerprint density at radius 3 is 2.16 bits per heavy atom. The number of hydrogen-bond donors (Lipinski definition) is 9. The normalized spacial score (nSPS) is 32.5. The van der Waals surface area contributed by atoms with Crippen molar-refractivity contribution in [2.24, 2.45) is 0 Å². The standard InChI is InChI=1S/C28H32O16/c1-9-18(32)21(35)23(37)27(41-9)40-8-16-19(33)22(36)24(38)28(43-16)44-26-20(34)17-13(31)6-11(29)7-15(17)42-25(26)10-3-4-14(39-2)12(30)5-10/h3-7,9,16,18-19,21-24,27-33,35-38H,8H2,1-2H3/t9-,16+,18-,19-,21+,22-,23+,24+,27+,28-/m0/s1. The number of benzene rings is 2. The zero-order chi connectivity index (χ0) is 32.0. The van der Waals surface area contributed by atoms with E-state index in [-0.39, 0.29) is 28.4 Å². The molecule has 2 aliphatic rings. The van der Waals surface area contributed by atoms with Gasteiger partial charge in [0.05, 0.1) is 19.8 Å². The van der Waals surface area contributed by atoms with E-state index in [1.54, 1.807) is 0 Å². The molecular weight excluding hydrogens is 592 g/mol. The number of hydrogen-bond acceptors (Lipinski definition) is 16. The van der Waals surface area contributed by atoms with Gasteiger partial charge in [-0.15, -0.1) is 0 Å². The van der Waals surface area contributed by atoms with Crippen LogP contribution in [0.5, 0.6) is 28.7 Å². The molecule has 44 heavy (non-hydrogen) atoms. The van der Waals surface area contributed by atoms with E-state index in [9.17, 15) is 50.8 Å². The van der Waals surface area contributed by atoms with Gasteiger partial charge in [-0.2, -0.15) is 0 Å². The first-order valence-corrected chi connectivity index (χ1v) is 13.4. The van der Waals surface area contributed by atoms with Crippen LogP contribution in [0.25, 0.3) is 22.3 Å². The maximum absolute atomic E-state index is 13.7. The van der Waals surface area contributed by atoms with Crippen molar-refractivity contribution in [2.75, 3.05) is 13.7 Å². The van der Waals surface area contributed by atoms with Crippen LogP contribution >= 0.6 is 0 Å². The molecule has 3 heterocycles. The number of aliphatic hydroxyl groups is 6. The van der Waals surface area contributed by atoms with E-state index in [1.807, 2.05) is 0 Å². The molecule has 240 valence electrons. The summed E-state index contributed by atoms with van der Waals surface area (Å²) < 4.78 is 33.1. The molecule has 2 fully saturated rings. The van der Waals surface area contributed by atoms with Crippen molar-refractivity contribution >= 4 is 11.0 Å². The van der Waals surface area contributed by atoms with Gasteiger partial charge < -0.3 is 74.1 Å². The Hall–Kier alpha value is -3.71. The molecule has 0 radical (unpaired) electrons. The van der Waals surface area contributed by atoms with E-state index in [0.29, 0.717) is 0 Å². The van der Waals surface area contributed by atoms with Gasteiger partial charge in [0.2, 0.25) is 17.5 Å². The maximum atomic E-state index is 13.7. The summed E-state index contributed by atoms with van der Waals surface area (Å²) >= 11 is 0. The molecule has 0 bridgehead atoms. The molecule has 3 aromatic rings. The number of fused-ring (bicyclic) bond motifs is 1. The van der Waals surface area contributed by atoms with Gasteiger partial charge in [0.1, 0.15) is 65.2 Å². The van der Waals surface area contributed by atoms with Crippen LogP contribution in [0.4, 0.5) is 0 Å².